The van der Waals surface area contributed by atoms with Crippen molar-refractivity contribution in [1.29, 1.82) is 0 Å². The Balaban J connectivity index is 2.07. The topological polar surface area (TPSA) is 12.0 Å². The normalized spacial score (nSPS) is 13.0. The van der Waals surface area contributed by atoms with E-state index in [9.17, 15) is 0 Å². The Labute approximate surface area is 109 Å². The van der Waals surface area contributed by atoms with Gasteiger partial charge in [0.25, 0.3) is 0 Å². The van der Waals surface area contributed by atoms with E-state index < -0.39 is 0 Å². The predicted molar refractivity (Wildman–Crippen MR) is 77.0 cm³/mol. The maximum Gasteiger partial charge on any atom is 0.0677 e. The van der Waals surface area contributed by atoms with Crippen LogP contribution in [0.5, 0.6) is 0 Å². The lowest BCUT2D eigenvalue weighted by atomic mass is 10.1. The lowest BCUT2D eigenvalue weighted by Crippen LogP contribution is -2.15. The summed E-state index contributed by atoms with van der Waals surface area (Å²) in [6, 6.07) is 13.4. The van der Waals surface area contributed by atoms with Crippen molar-refractivity contribution in [3.63, 3.8) is 0 Å². The fraction of sp³-hybridized carbons (Fsp3) is 0.143. The molecule has 1 nitrogen and oxygen atoms in total. The monoisotopic (exact) mass is 259 g/mol. The molecule has 0 aliphatic rings. The molecule has 2 aromatic heterocycles. The molecule has 0 amide bonds. The molecule has 0 radical (unpaired) electrons. The van der Waals surface area contributed by atoms with E-state index in [1.807, 2.05) is 18.4 Å². The van der Waals surface area contributed by atoms with Crippen molar-refractivity contribution in [3.05, 3.63) is 57.6 Å². The second kappa shape index (κ2) is 4.61. The van der Waals surface area contributed by atoms with E-state index in [-0.39, 0.29) is 0 Å². The highest BCUT2D eigenvalue weighted by atomic mass is 32.1. The van der Waals surface area contributed by atoms with Crippen molar-refractivity contribution in [3.8, 4) is 0 Å². The Morgan fingerprint density at radius 1 is 1.18 bits per heavy atom. The number of hydrogen-bond acceptors (Lipinski definition) is 3. The summed E-state index contributed by atoms with van der Waals surface area (Å²) in [6.45, 7) is 0. The molecule has 3 rings (SSSR count). The summed E-state index contributed by atoms with van der Waals surface area (Å²) in [5.74, 6) is 0. The van der Waals surface area contributed by atoms with Crippen LogP contribution in [-0.4, -0.2) is 7.05 Å². The molecule has 0 aliphatic carbocycles. The minimum atomic E-state index is 0.318. The van der Waals surface area contributed by atoms with Crippen LogP contribution in [0.25, 0.3) is 10.1 Å². The third-order valence-corrected chi connectivity index (χ3v) is 4.78. The van der Waals surface area contributed by atoms with Gasteiger partial charge < -0.3 is 5.32 Å². The molecule has 86 valence electrons. The van der Waals surface area contributed by atoms with Crippen LogP contribution in [-0.2, 0) is 0 Å². The minimum Gasteiger partial charge on any atom is -0.309 e. The van der Waals surface area contributed by atoms with E-state index in [1.165, 1.54) is 20.5 Å². The van der Waals surface area contributed by atoms with E-state index in [1.54, 1.807) is 11.3 Å². The molecule has 0 saturated carbocycles. The summed E-state index contributed by atoms with van der Waals surface area (Å²) >= 11 is 3.62. The van der Waals surface area contributed by atoms with Crippen molar-refractivity contribution in [2.75, 3.05) is 7.05 Å². The molecule has 17 heavy (non-hydrogen) atoms. The smallest absolute Gasteiger partial charge is 0.0677 e. The molecule has 1 aromatic carbocycles. The van der Waals surface area contributed by atoms with E-state index in [4.69, 9.17) is 0 Å². The number of rotatable bonds is 3. The number of hydrogen-bond donors (Lipinski definition) is 1. The highest BCUT2D eigenvalue weighted by molar-refractivity contribution is 7.19. The zero-order valence-electron chi connectivity index (χ0n) is 9.51. The van der Waals surface area contributed by atoms with Gasteiger partial charge >= 0.3 is 0 Å². The van der Waals surface area contributed by atoms with Crippen LogP contribution < -0.4 is 5.32 Å². The molecular weight excluding hydrogens is 246 g/mol. The van der Waals surface area contributed by atoms with Gasteiger partial charge in [0.2, 0.25) is 0 Å². The van der Waals surface area contributed by atoms with Gasteiger partial charge in [-0.15, -0.1) is 11.3 Å². The SMILES string of the molecule is CNC(c1ccsc1)c1cc2ccccc2s1. The van der Waals surface area contributed by atoms with Crippen LogP contribution in [0.4, 0.5) is 0 Å². The first kappa shape index (κ1) is 11.0. The van der Waals surface area contributed by atoms with E-state index in [2.05, 4.69) is 52.5 Å². The van der Waals surface area contributed by atoms with Gasteiger partial charge in [0.05, 0.1) is 6.04 Å². The van der Waals surface area contributed by atoms with Gasteiger partial charge in [0, 0.05) is 9.58 Å². The van der Waals surface area contributed by atoms with Crippen LogP contribution in [0.1, 0.15) is 16.5 Å². The third kappa shape index (κ3) is 2.02. The molecule has 0 saturated heterocycles. The highest BCUT2D eigenvalue weighted by Crippen LogP contribution is 2.33. The molecular formula is C14H13NS2. The Hall–Kier alpha value is -1.16. The van der Waals surface area contributed by atoms with Gasteiger partial charge in [-0.05, 0) is 47.0 Å². The summed E-state index contributed by atoms with van der Waals surface area (Å²) in [5, 5.41) is 9.08. The zero-order valence-corrected chi connectivity index (χ0v) is 11.1. The number of thiophene rings is 2. The van der Waals surface area contributed by atoms with Crippen molar-refractivity contribution in [2.24, 2.45) is 0 Å². The van der Waals surface area contributed by atoms with Crippen molar-refractivity contribution in [1.82, 2.24) is 5.32 Å². The van der Waals surface area contributed by atoms with Gasteiger partial charge in [-0.25, -0.2) is 0 Å². The lowest BCUT2D eigenvalue weighted by Gasteiger charge is -2.12. The fourth-order valence-corrected chi connectivity index (χ4v) is 3.95. The molecule has 3 heteroatoms. The minimum absolute atomic E-state index is 0.318. The van der Waals surface area contributed by atoms with Gasteiger partial charge in [-0.1, -0.05) is 18.2 Å². The highest BCUT2D eigenvalue weighted by Gasteiger charge is 2.14. The van der Waals surface area contributed by atoms with Crippen LogP contribution in [0.2, 0.25) is 0 Å². The van der Waals surface area contributed by atoms with Gasteiger partial charge in [0.1, 0.15) is 0 Å². The quantitative estimate of drug-likeness (QED) is 0.740. The Bertz CT molecular complexity index is 577. The molecule has 0 aliphatic heterocycles. The first-order valence-corrected chi connectivity index (χ1v) is 7.32. The largest absolute Gasteiger partial charge is 0.309 e. The zero-order chi connectivity index (χ0) is 11.7. The van der Waals surface area contributed by atoms with Crippen molar-refractivity contribution in [2.45, 2.75) is 6.04 Å². The first-order chi connectivity index (χ1) is 8.38. The predicted octanol–water partition coefficient (Wildman–Crippen LogP) is 4.27. The molecule has 0 fully saturated rings. The fourth-order valence-electron chi connectivity index (χ4n) is 2.06. The Morgan fingerprint density at radius 3 is 2.76 bits per heavy atom. The Morgan fingerprint density at radius 2 is 2.06 bits per heavy atom. The van der Waals surface area contributed by atoms with E-state index in [0.29, 0.717) is 6.04 Å². The summed E-state index contributed by atoms with van der Waals surface area (Å²) < 4.78 is 1.36. The standard InChI is InChI=1S/C14H13NS2/c1-15-14(11-6-7-16-9-11)13-8-10-4-2-3-5-12(10)17-13/h2-9,14-15H,1H3. The van der Waals surface area contributed by atoms with E-state index in [0.717, 1.165) is 0 Å². The molecule has 3 aromatic rings. The van der Waals surface area contributed by atoms with Crippen molar-refractivity contribution < 1.29 is 0 Å². The second-order valence-corrected chi connectivity index (χ2v) is 5.86. The van der Waals surface area contributed by atoms with Gasteiger partial charge in [-0.2, -0.15) is 11.3 Å². The van der Waals surface area contributed by atoms with Crippen molar-refractivity contribution >= 4 is 32.8 Å². The average Bonchev–Trinajstić information content (AvgIpc) is 2.98. The number of fused-ring (bicyclic) bond motifs is 1. The third-order valence-electron chi connectivity index (χ3n) is 2.89. The Kier molecular flexibility index (Phi) is 2.97. The molecule has 2 heterocycles. The molecule has 1 atom stereocenters. The number of benzene rings is 1. The van der Waals surface area contributed by atoms with Crippen LogP contribution in [0, 0.1) is 0 Å². The number of nitrogens with one attached hydrogen (secondary N) is 1. The summed E-state index contributed by atoms with van der Waals surface area (Å²) in [6.07, 6.45) is 0. The van der Waals surface area contributed by atoms with Gasteiger partial charge in [-0.3, -0.25) is 0 Å². The lowest BCUT2D eigenvalue weighted by molar-refractivity contribution is 0.707. The maximum atomic E-state index is 3.40. The second-order valence-electron chi connectivity index (χ2n) is 3.96. The summed E-state index contributed by atoms with van der Waals surface area (Å²) in [5.41, 5.74) is 1.35. The van der Waals surface area contributed by atoms with Crippen LogP contribution >= 0.6 is 22.7 Å². The maximum absolute atomic E-state index is 3.40. The van der Waals surface area contributed by atoms with Crippen LogP contribution in [0.3, 0.4) is 0 Å². The van der Waals surface area contributed by atoms with E-state index >= 15 is 0 Å². The summed E-state index contributed by atoms with van der Waals surface area (Å²) in [7, 11) is 2.02. The first-order valence-electron chi connectivity index (χ1n) is 5.56. The molecule has 1 unspecified atom stereocenters. The average molecular weight is 259 g/mol. The van der Waals surface area contributed by atoms with Crippen LogP contribution in [0.15, 0.2) is 47.2 Å². The molecule has 0 spiro atoms. The molecule has 1 N–H and O–H groups in total. The van der Waals surface area contributed by atoms with Gasteiger partial charge in [0.15, 0.2) is 0 Å². The molecule has 0 bridgehead atoms. The summed E-state index contributed by atoms with van der Waals surface area (Å²) in [4.78, 5) is 1.38.